The Hall–Kier alpha value is -3.72. The second-order valence-electron chi connectivity index (χ2n) is 13.3. The second-order valence-corrected chi connectivity index (χ2v) is 14.2. The number of amides is 1. The molecule has 1 atom stereocenters. The zero-order valence-corrected chi connectivity index (χ0v) is 28.4. The normalized spacial score (nSPS) is 12.7. The van der Waals surface area contributed by atoms with Crippen LogP contribution in [0, 0.1) is 33.1 Å². The molecular formula is C34H42BrN5O3. The maximum atomic E-state index is 13.9. The van der Waals surface area contributed by atoms with Crippen molar-refractivity contribution in [3.63, 3.8) is 0 Å². The number of carbonyl (C=O) groups is 2. The minimum Gasteiger partial charge on any atom is -0.456 e. The average molecular weight is 649 g/mol. The summed E-state index contributed by atoms with van der Waals surface area (Å²) in [5.41, 5.74) is 6.44. The van der Waals surface area contributed by atoms with Crippen molar-refractivity contribution in [2.75, 3.05) is 0 Å². The van der Waals surface area contributed by atoms with E-state index in [0.717, 1.165) is 32.6 Å². The molecule has 4 rings (SSSR count). The Kier molecular flexibility index (Phi) is 9.07. The summed E-state index contributed by atoms with van der Waals surface area (Å²) in [6, 6.07) is 13.5. The summed E-state index contributed by atoms with van der Waals surface area (Å²) < 4.78 is 10.3. The molecular weight excluding hydrogens is 606 g/mol. The van der Waals surface area contributed by atoms with Crippen molar-refractivity contribution in [2.24, 2.45) is 5.41 Å². The summed E-state index contributed by atoms with van der Waals surface area (Å²) >= 11 is 3.58. The SMILES string of the molecule is Cc1ccc(C(=O)NC(c2ccc(Br)c(C)c2)C(C)(C)C)c(-n2cc(Cn3c(C)cc(C(=O)OC(C)(C)C)c3C)nn2)c1. The molecule has 0 spiro atoms. The van der Waals surface area contributed by atoms with E-state index < -0.39 is 5.60 Å². The number of carbonyl (C=O) groups excluding carboxylic acids is 2. The molecule has 2 aromatic carbocycles. The van der Waals surface area contributed by atoms with Gasteiger partial charge in [-0.25, -0.2) is 9.48 Å². The fourth-order valence-electron chi connectivity index (χ4n) is 5.11. The molecule has 0 aliphatic heterocycles. The Morgan fingerprint density at radius 2 is 1.65 bits per heavy atom. The van der Waals surface area contributed by atoms with Crippen LogP contribution in [0.4, 0.5) is 0 Å². The minimum atomic E-state index is -0.579. The molecule has 9 heteroatoms. The molecule has 0 saturated heterocycles. The molecule has 228 valence electrons. The van der Waals surface area contributed by atoms with E-state index in [1.807, 2.05) is 95.6 Å². The highest BCUT2D eigenvalue weighted by atomic mass is 79.9. The summed E-state index contributed by atoms with van der Waals surface area (Å²) in [5, 5.41) is 12.1. The number of esters is 1. The third kappa shape index (κ3) is 7.44. The van der Waals surface area contributed by atoms with Crippen molar-refractivity contribution in [2.45, 2.75) is 87.4 Å². The van der Waals surface area contributed by atoms with Gasteiger partial charge in [-0.05, 0) is 94.8 Å². The third-order valence-electron chi connectivity index (χ3n) is 7.35. The zero-order chi connectivity index (χ0) is 31.9. The van der Waals surface area contributed by atoms with Gasteiger partial charge >= 0.3 is 5.97 Å². The maximum absolute atomic E-state index is 13.9. The van der Waals surface area contributed by atoms with Crippen LogP contribution in [0.2, 0.25) is 0 Å². The third-order valence-corrected chi connectivity index (χ3v) is 8.24. The predicted molar refractivity (Wildman–Crippen MR) is 173 cm³/mol. The molecule has 0 fully saturated rings. The molecule has 0 saturated carbocycles. The highest BCUT2D eigenvalue weighted by molar-refractivity contribution is 9.10. The van der Waals surface area contributed by atoms with Gasteiger partial charge in [0.15, 0.2) is 0 Å². The molecule has 1 unspecified atom stereocenters. The van der Waals surface area contributed by atoms with Crippen molar-refractivity contribution in [1.29, 1.82) is 0 Å². The van der Waals surface area contributed by atoms with Crippen LogP contribution in [0.15, 0.2) is 53.1 Å². The minimum absolute atomic E-state index is 0.188. The average Bonchev–Trinajstić information content (AvgIpc) is 3.47. The van der Waals surface area contributed by atoms with E-state index in [0.29, 0.717) is 29.1 Å². The lowest BCUT2D eigenvalue weighted by atomic mass is 9.81. The topological polar surface area (TPSA) is 91.0 Å². The lowest BCUT2D eigenvalue weighted by molar-refractivity contribution is 0.00685. The lowest BCUT2D eigenvalue weighted by Gasteiger charge is -2.32. The Morgan fingerprint density at radius 3 is 2.28 bits per heavy atom. The van der Waals surface area contributed by atoms with Gasteiger partial charge in [-0.1, -0.05) is 60.1 Å². The number of halogens is 1. The van der Waals surface area contributed by atoms with Crippen LogP contribution in [0.1, 0.15) is 102 Å². The van der Waals surface area contributed by atoms with E-state index in [1.54, 1.807) is 4.68 Å². The largest absolute Gasteiger partial charge is 0.456 e. The van der Waals surface area contributed by atoms with Crippen LogP contribution in [0.3, 0.4) is 0 Å². The lowest BCUT2D eigenvalue weighted by Crippen LogP contribution is -2.37. The second kappa shape index (κ2) is 12.1. The number of aryl methyl sites for hydroxylation is 3. The molecule has 2 aromatic heterocycles. The Bertz CT molecular complexity index is 1670. The van der Waals surface area contributed by atoms with Gasteiger partial charge in [0.25, 0.3) is 5.91 Å². The summed E-state index contributed by atoms with van der Waals surface area (Å²) in [6.45, 7) is 20.2. The number of nitrogens with one attached hydrogen (secondary N) is 1. The Labute approximate surface area is 263 Å². The molecule has 0 aliphatic carbocycles. The van der Waals surface area contributed by atoms with Gasteiger partial charge < -0.3 is 14.6 Å². The van der Waals surface area contributed by atoms with E-state index in [2.05, 4.69) is 58.4 Å². The van der Waals surface area contributed by atoms with Gasteiger partial charge in [-0.2, -0.15) is 0 Å². The van der Waals surface area contributed by atoms with Crippen molar-refractivity contribution >= 4 is 27.8 Å². The molecule has 0 bridgehead atoms. The van der Waals surface area contributed by atoms with Crippen molar-refractivity contribution in [3.8, 4) is 5.69 Å². The molecule has 1 N–H and O–H groups in total. The molecule has 43 heavy (non-hydrogen) atoms. The smallest absolute Gasteiger partial charge is 0.340 e. The fraction of sp³-hybridized carbons (Fsp3) is 0.412. The molecule has 8 nitrogen and oxygen atoms in total. The number of benzene rings is 2. The van der Waals surface area contributed by atoms with Crippen LogP contribution in [-0.4, -0.2) is 37.0 Å². The van der Waals surface area contributed by atoms with E-state index >= 15 is 0 Å². The summed E-state index contributed by atoms with van der Waals surface area (Å²) in [4.78, 5) is 26.6. The first-order valence-corrected chi connectivity index (χ1v) is 15.2. The van der Waals surface area contributed by atoms with Crippen molar-refractivity contribution < 1.29 is 14.3 Å². The Balaban J connectivity index is 1.63. The van der Waals surface area contributed by atoms with Crippen LogP contribution in [0.5, 0.6) is 0 Å². The first kappa shape index (κ1) is 32.2. The zero-order valence-electron chi connectivity index (χ0n) is 26.8. The fourth-order valence-corrected chi connectivity index (χ4v) is 5.36. The standard InChI is InChI=1S/C34H42BrN5O3/c1-20-11-13-26(31(41)36-30(33(5,6)7)24-12-14-28(35)21(2)16-24)29(15-20)40-19-25(37-38-40)18-39-22(3)17-27(23(39)4)32(42)43-34(8,9)10/h11-17,19,30H,18H2,1-10H3,(H,36,41). The van der Waals surface area contributed by atoms with Crippen LogP contribution in [0.25, 0.3) is 5.69 Å². The molecule has 4 aromatic rings. The molecule has 0 radical (unpaired) electrons. The van der Waals surface area contributed by atoms with E-state index in [4.69, 9.17) is 4.74 Å². The number of nitrogens with zero attached hydrogens (tertiary/aromatic N) is 4. The van der Waals surface area contributed by atoms with Crippen LogP contribution in [-0.2, 0) is 11.3 Å². The first-order chi connectivity index (χ1) is 19.9. The van der Waals surface area contributed by atoms with Gasteiger partial charge in [0, 0.05) is 15.9 Å². The van der Waals surface area contributed by atoms with Crippen LogP contribution >= 0.6 is 15.9 Å². The van der Waals surface area contributed by atoms with E-state index in [9.17, 15) is 9.59 Å². The first-order valence-electron chi connectivity index (χ1n) is 14.4. The van der Waals surface area contributed by atoms with E-state index in [1.165, 1.54) is 0 Å². The quantitative estimate of drug-likeness (QED) is 0.209. The highest BCUT2D eigenvalue weighted by Gasteiger charge is 2.30. The molecule has 1 amide bonds. The monoisotopic (exact) mass is 647 g/mol. The number of hydrogen-bond acceptors (Lipinski definition) is 5. The number of hydrogen-bond donors (Lipinski definition) is 1. The molecule has 0 aliphatic rings. The van der Waals surface area contributed by atoms with Gasteiger partial charge in [0.1, 0.15) is 11.3 Å². The molecule has 2 heterocycles. The van der Waals surface area contributed by atoms with Crippen LogP contribution < -0.4 is 5.32 Å². The van der Waals surface area contributed by atoms with Gasteiger partial charge in [0.05, 0.1) is 35.6 Å². The predicted octanol–water partition coefficient (Wildman–Crippen LogP) is 7.59. The maximum Gasteiger partial charge on any atom is 0.340 e. The summed E-state index contributed by atoms with van der Waals surface area (Å²) in [7, 11) is 0. The van der Waals surface area contributed by atoms with Gasteiger partial charge in [0.2, 0.25) is 0 Å². The van der Waals surface area contributed by atoms with Gasteiger partial charge in [-0.3, -0.25) is 4.79 Å². The number of rotatable bonds is 7. The van der Waals surface area contributed by atoms with Crippen molar-refractivity contribution in [3.05, 3.63) is 98.0 Å². The highest BCUT2D eigenvalue weighted by Crippen LogP contribution is 2.35. The summed E-state index contributed by atoms with van der Waals surface area (Å²) in [5.74, 6) is -0.538. The Morgan fingerprint density at radius 1 is 0.953 bits per heavy atom. The summed E-state index contributed by atoms with van der Waals surface area (Å²) in [6.07, 6.45) is 1.83. The number of aromatic nitrogens is 4. The van der Waals surface area contributed by atoms with E-state index in [-0.39, 0.29) is 23.3 Å². The van der Waals surface area contributed by atoms with Gasteiger partial charge in [-0.15, -0.1) is 5.10 Å². The van der Waals surface area contributed by atoms with Crippen molar-refractivity contribution in [1.82, 2.24) is 24.9 Å². The number of ether oxygens (including phenoxy) is 1.